The predicted molar refractivity (Wildman–Crippen MR) is 145 cm³/mol. The Labute approximate surface area is 225 Å². The van der Waals surface area contributed by atoms with E-state index in [4.69, 9.17) is 24.5 Å². The summed E-state index contributed by atoms with van der Waals surface area (Å²) in [5.74, 6) is 0.469. The van der Waals surface area contributed by atoms with E-state index in [0.29, 0.717) is 23.8 Å². The highest BCUT2D eigenvalue weighted by Crippen LogP contribution is 2.31. The summed E-state index contributed by atoms with van der Waals surface area (Å²) in [7, 11) is 0. The number of anilines is 2. The van der Waals surface area contributed by atoms with Gasteiger partial charge in [-0.1, -0.05) is 60.7 Å². The van der Waals surface area contributed by atoms with Crippen LogP contribution in [0, 0.1) is 11.3 Å². The Kier molecular flexibility index (Phi) is 6.87. The molecule has 2 aliphatic heterocycles. The van der Waals surface area contributed by atoms with Gasteiger partial charge in [-0.05, 0) is 35.4 Å². The van der Waals surface area contributed by atoms with Gasteiger partial charge in [0.2, 0.25) is 5.95 Å². The minimum atomic E-state index is -0.631. The maximum atomic E-state index is 12.4. The number of amides is 1. The molecule has 0 spiro atoms. The first-order valence-corrected chi connectivity index (χ1v) is 12.6. The van der Waals surface area contributed by atoms with E-state index in [1.165, 1.54) is 0 Å². The number of nitrogens with one attached hydrogen (secondary N) is 2. The van der Waals surface area contributed by atoms with Gasteiger partial charge in [0.25, 0.3) is 0 Å². The summed E-state index contributed by atoms with van der Waals surface area (Å²) in [6.45, 7) is 0.578. The smallest absolute Gasteiger partial charge is 0.412 e. The van der Waals surface area contributed by atoms with Crippen LogP contribution < -0.4 is 10.6 Å². The first-order valence-electron chi connectivity index (χ1n) is 12.6. The zero-order valence-corrected chi connectivity index (χ0v) is 20.9. The Hall–Kier alpha value is -4.78. The van der Waals surface area contributed by atoms with Crippen LogP contribution in [0.5, 0.6) is 0 Å². The normalized spacial score (nSPS) is 21.5. The lowest BCUT2D eigenvalue weighted by Crippen LogP contribution is -2.38. The van der Waals surface area contributed by atoms with E-state index in [9.17, 15) is 4.79 Å². The number of rotatable bonds is 6. The zero-order valence-electron chi connectivity index (χ0n) is 20.9. The molecule has 4 atom stereocenters. The average molecular weight is 520 g/mol. The molecule has 39 heavy (non-hydrogen) atoms. The molecule has 1 amide bonds. The fourth-order valence-electron chi connectivity index (χ4n) is 4.86. The molecule has 6 rings (SSSR count). The van der Waals surface area contributed by atoms with E-state index < -0.39 is 18.3 Å². The van der Waals surface area contributed by atoms with Crippen LogP contribution >= 0.6 is 0 Å². The van der Waals surface area contributed by atoms with Gasteiger partial charge in [-0.15, -0.1) is 0 Å². The zero-order chi connectivity index (χ0) is 26.6. The molecule has 0 unspecified atom stereocenters. The fourth-order valence-corrected chi connectivity index (χ4v) is 4.86. The number of hydrogen-bond donors (Lipinski definition) is 2. The Morgan fingerprint density at radius 3 is 2.49 bits per heavy atom. The largest absolute Gasteiger partial charge is 0.441 e. The summed E-state index contributed by atoms with van der Waals surface area (Å²) >= 11 is 0. The molecule has 9 heteroatoms. The molecule has 3 heterocycles. The standard InChI is InChI=1S/C30H25N5O4/c31-16-19-5-4-8-23(15-19)33-30(36)39-26-18-38-27-25(17-37-28(26)27)35-29-32-14-13-24(34-29)22-11-9-21(10-12-22)20-6-2-1-3-7-20/h1-15,25-28H,17-18H2,(H,33,36)(H,32,34,35)/t25-,26+,27+,28+/m0/s1. The molecule has 3 aromatic carbocycles. The van der Waals surface area contributed by atoms with E-state index in [0.717, 1.165) is 22.4 Å². The van der Waals surface area contributed by atoms with Crippen LogP contribution in [0.2, 0.25) is 0 Å². The van der Waals surface area contributed by atoms with Crippen LogP contribution in [0.15, 0.2) is 91.1 Å². The third kappa shape index (κ3) is 5.43. The van der Waals surface area contributed by atoms with Gasteiger partial charge in [0.05, 0.1) is 36.6 Å². The van der Waals surface area contributed by atoms with E-state index >= 15 is 0 Å². The van der Waals surface area contributed by atoms with Gasteiger partial charge in [0.15, 0.2) is 6.10 Å². The second-order valence-corrected chi connectivity index (χ2v) is 9.32. The molecule has 0 radical (unpaired) electrons. The highest BCUT2D eigenvalue weighted by molar-refractivity contribution is 5.85. The molecule has 4 aromatic rings. The van der Waals surface area contributed by atoms with Crippen LogP contribution in [-0.4, -0.2) is 53.6 Å². The lowest BCUT2D eigenvalue weighted by molar-refractivity contribution is 0.00917. The lowest BCUT2D eigenvalue weighted by Gasteiger charge is -2.18. The summed E-state index contributed by atoms with van der Waals surface area (Å²) in [5, 5.41) is 15.0. The molecule has 2 aliphatic rings. The number of nitrogens with zero attached hydrogens (tertiary/aromatic N) is 3. The number of hydrogen-bond acceptors (Lipinski definition) is 8. The SMILES string of the molecule is N#Cc1cccc(NC(=O)O[C@@H]2CO[C@H]3[C@@H]2OC[C@@H]3Nc2nccc(-c3ccc(-c4ccccc4)cc3)n2)c1. The summed E-state index contributed by atoms with van der Waals surface area (Å²) in [5.41, 5.74) is 5.01. The predicted octanol–water partition coefficient (Wildman–Crippen LogP) is 4.88. The van der Waals surface area contributed by atoms with Crippen LogP contribution in [0.3, 0.4) is 0 Å². The maximum absolute atomic E-state index is 12.4. The molecule has 194 valence electrons. The molecule has 2 saturated heterocycles. The van der Waals surface area contributed by atoms with E-state index in [-0.39, 0.29) is 18.8 Å². The molecule has 2 fully saturated rings. The van der Waals surface area contributed by atoms with Crippen molar-refractivity contribution in [3.8, 4) is 28.5 Å². The Bertz CT molecular complexity index is 1510. The monoisotopic (exact) mass is 519 g/mol. The molecular formula is C30H25N5O4. The Balaban J connectivity index is 1.07. The number of nitriles is 1. The van der Waals surface area contributed by atoms with Gasteiger partial charge in [0, 0.05) is 17.4 Å². The Morgan fingerprint density at radius 1 is 0.897 bits per heavy atom. The van der Waals surface area contributed by atoms with Crippen molar-refractivity contribution in [3.63, 3.8) is 0 Å². The number of fused-ring (bicyclic) bond motifs is 1. The number of aromatic nitrogens is 2. The van der Waals surface area contributed by atoms with E-state index in [1.807, 2.05) is 42.5 Å². The van der Waals surface area contributed by atoms with Gasteiger partial charge in [-0.3, -0.25) is 5.32 Å². The van der Waals surface area contributed by atoms with Gasteiger partial charge >= 0.3 is 6.09 Å². The van der Waals surface area contributed by atoms with Crippen molar-refractivity contribution < 1.29 is 19.0 Å². The summed E-state index contributed by atoms with van der Waals surface area (Å²) in [4.78, 5) is 21.5. The molecule has 9 nitrogen and oxygen atoms in total. The molecule has 0 bridgehead atoms. The quantitative estimate of drug-likeness (QED) is 0.370. The topological polar surface area (TPSA) is 118 Å². The second kappa shape index (κ2) is 10.9. The average Bonchev–Trinajstić information content (AvgIpc) is 3.57. The van der Waals surface area contributed by atoms with Gasteiger partial charge < -0.3 is 19.5 Å². The van der Waals surface area contributed by atoms with Gasteiger partial charge in [-0.25, -0.2) is 14.8 Å². The molecule has 0 saturated carbocycles. The number of carbonyl (C=O) groups is 1. The fraction of sp³-hybridized carbons (Fsp3) is 0.200. The molecule has 0 aliphatic carbocycles. The minimum Gasteiger partial charge on any atom is -0.441 e. The third-order valence-corrected chi connectivity index (χ3v) is 6.76. The summed E-state index contributed by atoms with van der Waals surface area (Å²) in [6.07, 6.45) is -0.199. The van der Waals surface area contributed by atoms with Crippen LogP contribution in [-0.2, 0) is 14.2 Å². The van der Waals surface area contributed by atoms with Crippen LogP contribution in [0.25, 0.3) is 22.4 Å². The minimum absolute atomic E-state index is 0.199. The van der Waals surface area contributed by atoms with Crippen LogP contribution in [0.1, 0.15) is 5.56 Å². The maximum Gasteiger partial charge on any atom is 0.412 e. The molecular weight excluding hydrogens is 494 g/mol. The molecule has 1 aromatic heterocycles. The first kappa shape index (κ1) is 24.6. The second-order valence-electron chi connectivity index (χ2n) is 9.32. The summed E-state index contributed by atoms with van der Waals surface area (Å²) < 4.78 is 17.5. The highest BCUT2D eigenvalue weighted by Gasteiger charge is 2.49. The first-order chi connectivity index (χ1) is 19.2. The van der Waals surface area contributed by atoms with Gasteiger partial charge in [-0.2, -0.15) is 5.26 Å². The molecule has 2 N–H and O–H groups in total. The van der Waals surface area contributed by atoms with Crippen molar-refractivity contribution in [2.45, 2.75) is 24.4 Å². The van der Waals surface area contributed by atoms with Crippen molar-refractivity contribution >= 4 is 17.7 Å². The van der Waals surface area contributed by atoms with Crippen molar-refractivity contribution in [2.75, 3.05) is 23.8 Å². The lowest BCUT2D eigenvalue weighted by atomic mass is 10.0. The highest BCUT2D eigenvalue weighted by atomic mass is 16.6. The van der Waals surface area contributed by atoms with E-state index in [1.54, 1.807) is 30.5 Å². The van der Waals surface area contributed by atoms with Crippen LogP contribution in [0.4, 0.5) is 16.4 Å². The van der Waals surface area contributed by atoms with E-state index in [2.05, 4.69) is 39.9 Å². The van der Waals surface area contributed by atoms with Gasteiger partial charge in [0.1, 0.15) is 12.2 Å². The number of benzene rings is 3. The third-order valence-electron chi connectivity index (χ3n) is 6.76. The summed E-state index contributed by atoms with van der Waals surface area (Å²) in [6, 6.07) is 28.8. The Morgan fingerprint density at radius 2 is 1.67 bits per heavy atom. The van der Waals surface area contributed by atoms with Crippen molar-refractivity contribution in [1.29, 1.82) is 5.26 Å². The van der Waals surface area contributed by atoms with Crippen molar-refractivity contribution in [1.82, 2.24) is 9.97 Å². The van der Waals surface area contributed by atoms with Crippen molar-refractivity contribution in [2.24, 2.45) is 0 Å². The number of ether oxygens (including phenoxy) is 3. The number of carbonyl (C=O) groups excluding carboxylic acids is 1. The van der Waals surface area contributed by atoms with Crippen molar-refractivity contribution in [3.05, 3.63) is 96.7 Å².